The fourth-order valence-electron chi connectivity index (χ4n) is 3.23. The van der Waals surface area contributed by atoms with Crippen molar-refractivity contribution < 1.29 is 27.9 Å². The summed E-state index contributed by atoms with van der Waals surface area (Å²) in [5.41, 5.74) is 0.751. The van der Waals surface area contributed by atoms with Crippen molar-refractivity contribution in [3.05, 3.63) is 89.0 Å². The van der Waals surface area contributed by atoms with Gasteiger partial charge in [0.1, 0.15) is 29.7 Å². The zero-order chi connectivity index (χ0) is 22.5. The van der Waals surface area contributed by atoms with Crippen molar-refractivity contribution in [2.45, 2.75) is 5.75 Å². The lowest BCUT2D eigenvalue weighted by atomic mass is 10.1. The Labute approximate surface area is 188 Å². The van der Waals surface area contributed by atoms with E-state index in [1.54, 1.807) is 49.8 Å². The number of thioether (sulfide) groups is 1. The highest BCUT2D eigenvalue weighted by Crippen LogP contribution is 2.37. The van der Waals surface area contributed by atoms with Crippen LogP contribution in [0.2, 0.25) is 0 Å². The largest absolute Gasteiger partial charge is 0.497 e. The van der Waals surface area contributed by atoms with Crippen LogP contribution in [0.25, 0.3) is 5.57 Å². The number of hydrogen-bond donors (Lipinski definition) is 0. The van der Waals surface area contributed by atoms with E-state index in [9.17, 15) is 14.0 Å². The van der Waals surface area contributed by atoms with Gasteiger partial charge in [-0.2, -0.15) is 0 Å². The SMILES string of the molecule is COc1ccc(OCCN2C(=O)C(SCc3ccco3)=C(c3ccc(F)cc3)C2=O)cc1. The number of carbonyl (C=O) groups is 2. The first-order valence-electron chi connectivity index (χ1n) is 9.85. The fraction of sp³-hybridized carbons (Fsp3) is 0.167. The first-order valence-corrected chi connectivity index (χ1v) is 10.8. The fourth-order valence-corrected chi connectivity index (χ4v) is 4.26. The van der Waals surface area contributed by atoms with Crippen LogP contribution in [-0.2, 0) is 15.3 Å². The maximum absolute atomic E-state index is 13.4. The van der Waals surface area contributed by atoms with E-state index in [-0.39, 0.29) is 18.7 Å². The third-order valence-corrected chi connectivity index (χ3v) is 5.94. The number of hydrogen-bond acceptors (Lipinski definition) is 6. The maximum atomic E-state index is 13.4. The molecule has 0 aliphatic carbocycles. The quantitative estimate of drug-likeness (QED) is 0.444. The lowest BCUT2D eigenvalue weighted by Gasteiger charge is -2.16. The number of carbonyl (C=O) groups excluding carboxylic acids is 2. The highest BCUT2D eigenvalue weighted by Gasteiger charge is 2.39. The number of halogens is 1. The molecule has 0 saturated carbocycles. The summed E-state index contributed by atoms with van der Waals surface area (Å²) in [6.45, 7) is 0.218. The van der Waals surface area contributed by atoms with Crippen LogP contribution in [-0.4, -0.2) is 37.0 Å². The maximum Gasteiger partial charge on any atom is 0.268 e. The predicted molar refractivity (Wildman–Crippen MR) is 119 cm³/mol. The van der Waals surface area contributed by atoms with Crippen LogP contribution in [0, 0.1) is 5.82 Å². The molecule has 3 aromatic rings. The molecular formula is C24H20FNO5S. The number of benzene rings is 2. The van der Waals surface area contributed by atoms with Gasteiger partial charge in [0.2, 0.25) is 0 Å². The molecule has 0 spiro atoms. The summed E-state index contributed by atoms with van der Waals surface area (Å²) in [5, 5.41) is 0. The Balaban J connectivity index is 1.50. The Hall–Kier alpha value is -3.52. The molecule has 1 aliphatic rings. The molecule has 2 heterocycles. The first kappa shape index (κ1) is 21.7. The monoisotopic (exact) mass is 453 g/mol. The Morgan fingerprint density at radius 1 is 0.969 bits per heavy atom. The van der Waals surface area contributed by atoms with E-state index >= 15 is 0 Å². The van der Waals surface area contributed by atoms with Crippen LogP contribution >= 0.6 is 11.8 Å². The summed E-state index contributed by atoms with van der Waals surface area (Å²) < 4.78 is 29.5. The van der Waals surface area contributed by atoms with Gasteiger partial charge >= 0.3 is 0 Å². The van der Waals surface area contributed by atoms with Gasteiger partial charge < -0.3 is 13.9 Å². The molecule has 0 bridgehead atoms. The van der Waals surface area contributed by atoms with Crippen molar-refractivity contribution in [1.82, 2.24) is 4.90 Å². The molecule has 8 heteroatoms. The minimum absolute atomic E-state index is 0.0825. The second kappa shape index (κ2) is 9.74. The van der Waals surface area contributed by atoms with E-state index in [4.69, 9.17) is 13.9 Å². The van der Waals surface area contributed by atoms with Crippen molar-refractivity contribution in [2.24, 2.45) is 0 Å². The van der Waals surface area contributed by atoms with E-state index in [0.29, 0.717) is 33.5 Å². The molecule has 4 rings (SSSR count). The van der Waals surface area contributed by atoms with Crippen LogP contribution in [0.5, 0.6) is 11.5 Å². The second-order valence-electron chi connectivity index (χ2n) is 6.86. The van der Waals surface area contributed by atoms with Crippen LogP contribution < -0.4 is 9.47 Å². The lowest BCUT2D eigenvalue weighted by Crippen LogP contribution is -2.35. The summed E-state index contributed by atoms with van der Waals surface area (Å²) in [5.74, 6) is 1.13. The van der Waals surface area contributed by atoms with Crippen molar-refractivity contribution in [3.63, 3.8) is 0 Å². The molecule has 164 valence electrons. The topological polar surface area (TPSA) is 69.0 Å². The third-order valence-electron chi connectivity index (χ3n) is 4.84. The number of furan rings is 1. The number of imide groups is 1. The summed E-state index contributed by atoms with van der Waals surface area (Å²) in [6.07, 6.45) is 1.55. The van der Waals surface area contributed by atoms with Gasteiger partial charge in [-0.3, -0.25) is 14.5 Å². The molecule has 0 atom stereocenters. The van der Waals surface area contributed by atoms with Crippen molar-refractivity contribution in [1.29, 1.82) is 0 Å². The summed E-state index contributed by atoms with van der Waals surface area (Å²) in [6, 6.07) is 16.1. The number of nitrogens with zero attached hydrogens (tertiary/aromatic N) is 1. The molecule has 1 aromatic heterocycles. The highest BCUT2D eigenvalue weighted by atomic mass is 32.2. The molecule has 0 unspecified atom stereocenters. The Kier molecular flexibility index (Phi) is 6.61. The summed E-state index contributed by atoms with van der Waals surface area (Å²) in [4.78, 5) is 27.7. The number of rotatable bonds is 9. The standard InChI is InChI=1S/C24H20FNO5S/c1-29-18-8-10-19(11-9-18)31-14-12-26-23(27)21(16-4-6-17(25)7-5-16)22(24(26)28)32-15-20-3-2-13-30-20/h2-11,13H,12,14-15H2,1H3. The van der Waals surface area contributed by atoms with Gasteiger partial charge in [0.15, 0.2) is 0 Å². The van der Waals surface area contributed by atoms with E-state index in [0.717, 1.165) is 4.90 Å². The molecule has 2 aromatic carbocycles. The average Bonchev–Trinajstić information content (AvgIpc) is 3.41. The zero-order valence-electron chi connectivity index (χ0n) is 17.2. The predicted octanol–water partition coefficient (Wildman–Crippen LogP) is 4.52. The molecule has 0 N–H and O–H groups in total. The van der Waals surface area contributed by atoms with Gasteiger partial charge in [0, 0.05) is 0 Å². The first-order chi connectivity index (χ1) is 15.6. The summed E-state index contributed by atoms with van der Waals surface area (Å²) in [7, 11) is 1.58. The van der Waals surface area contributed by atoms with Crippen LogP contribution in [0.3, 0.4) is 0 Å². The Bertz CT molecular complexity index is 1120. The molecule has 0 fully saturated rings. The normalized spacial score (nSPS) is 13.8. The van der Waals surface area contributed by atoms with E-state index < -0.39 is 17.6 Å². The molecule has 0 radical (unpaired) electrons. The molecule has 32 heavy (non-hydrogen) atoms. The molecule has 2 amide bonds. The van der Waals surface area contributed by atoms with Crippen LogP contribution in [0.1, 0.15) is 11.3 Å². The zero-order valence-corrected chi connectivity index (χ0v) is 18.1. The number of methoxy groups -OCH3 is 1. The van der Waals surface area contributed by atoms with Gasteiger partial charge in [-0.1, -0.05) is 12.1 Å². The van der Waals surface area contributed by atoms with Crippen LogP contribution in [0.4, 0.5) is 4.39 Å². The van der Waals surface area contributed by atoms with E-state index in [2.05, 4.69) is 0 Å². The van der Waals surface area contributed by atoms with Gasteiger partial charge in [0.25, 0.3) is 11.8 Å². The van der Waals surface area contributed by atoms with Crippen molar-refractivity contribution in [3.8, 4) is 11.5 Å². The molecular weight excluding hydrogens is 433 g/mol. The number of ether oxygens (including phenoxy) is 2. The molecule has 0 saturated heterocycles. The Morgan fingerprint density at radius 3 is 2.34 bits per heavy atom. The van der Waals surface area contributed by atoms with Crippen LogP contribution in [0.15, 0.2) is 76.2 Å². The van der Waals surface area contributed by atoms with Gasteiger partial charge in [-0.15, -0.1) is 11.8 Å². The number of amides is 2. The lowest BCUT2D eigenvalue weighted by molar-refractivity contribution is -0.136. The molecule has 1 aliphatic heterocycles. The smallest absolute Gasteiger partial charge is 0.268 e. The Morgan fingerprint density at radius 2 is 1.69 bits per heavy atom. The van der Waals surface area contributed by atoms with Gasteiger partial charge in [-0.25, -0.2) is 4.39 Å². The van der Waals surface area contributed by atoms with Crippen molar-refractivity contribution in [2.75, 3.05) is 20.3 Å². The third kappa shape index (κ3) is 4.70. The van der Waals surface area contributed by atoms with E-state index in [1.165, 1.54) is 36.0 Å². The van der Waals surface area contributed by atoms with Gasteiger partial charge in [-0.05, 0) is 54.1 Å². The highest BCUT2D eigenvalue weighted by molar-refractivity contribution is 8.03. The van der Waals surface area contributed by atoms with Gasteiger partial charge in [0.05, 0.1) is 36.1 Å². The molecule has 6 nitrogen and oxygen atoms in total. The summed E-state index contributed by atoms with van der Waals surface area (Å²) >= 11 is 1.22. The minimum Gasteiger partial charge on any atom is -0.497 e. The second-order valence-corrected chi connectivity index (χ2v) is 7.85. The van der Waals surface area contributed by atoms with E-state index in [1.807, 2.05) is 0 Å². The van der Waals surface area contributed by atoms with Crippen molar-refractivity contribution >= 4 is 29.1 Å². The average molecular weight is 453 g/mol. The minimum atomic E-state index is -0.429.